The van der Waals surface area contributed by atoms with Crippen LogP contribution in [0.3, 0.4) is 0 Å². The van der Waals surface area contributed by atoms with E-state index in [9.17, 15) is 14.9 Å². The van der Waals surface area contributed by atoms with Crippen molar-refractivity contribution in [1.82, 2.24) is 15.5 Å². The van der Waals surface area contributed by atoms with E-state index in [1.165, 1.54) is 0 Å². The van der Waals surface area contributed by atoms with Gasteiger partial charge in [0, 0.05) is 13.1 Å². The van der Waals surface area contributed by atoms with Gasteiger partial charge in [-0.05, 0) is 24.8 Å². The van der Waals surface area contributed by atoms with Gasteiger partial charge in [-0.2, -0.15) is 5.26 Å². The highest BCUT2D eigenvalue weighted by Gasteiger charge is 2.28. The summed E-state index contributed by atoms with van der Waals surface area (Å²) < 4.78 is 11.0. The Kier molecular flexibility index (Phi) is 9.58. The summed E-state index contributed by atoms with van der Waals surface area (Å²) in [4.78, 5) is 27.0. The molecule has 0 aliphatic carbocycles. The average Bonchev–Trinajstić information content (AvgIpc) is 2.76. The maximum absolute atomic E-state index is 12.9. The van der Waals surface area contributed by atoms with Crippen LogP contribution in [0.25, 0.3) is 0 Å². The second-order valence-corrected chi connectivity index (χ2v) is 7.85. The third kappa shape index (κ3) is 7.65. The van der Waals surface area contributed by atoms with Crippen molar-refractivity contribution in [2.24, 2.45) is 5.92 Å². The number of urea groups is 1. The highest BCUT2D eigenvalue weighted by Crippen LogP contribution is 2.10. The van der Waals surface area contributed by atoms with Crippen LogP contribution in [0.15, 0.2) is 30.3 Å². The van der Waals surface area contributed by atoms with Crippen LogP contribution in [0, 0.1) is 17.2 Å². The molecule has 0 unspecified atom stereocenters. The predicted octanol–water partition coefficient (Wildman–Crippen LogP) is 2.06. The lowest BCUT2D eigenvalue weighted by Gasteiger charge is -2.30. The molecule has 0 spiro atoms. The lowest BCUT2D eigenvalue weighted by molar-refractivity contribution is -0.124. The molecule has 30 heavy (non-hydrogen) atoms. The summed E-state index contributed by atoms with van der Waals surface area (Å²) in [6, 6.07) is 9.89. The van der Waals surface area contributed by atoms with Crippen molar-refractivity contribution in [3.05, 3.63) is 35.9 Å². The first-order chi connectivity index (χ1) is 14.4. The van der Waals surface area contributed by atoms with E-state index in [2.05, 4.69) is 16.7 Å². The molecule has 0 saturated carbocycles. The van der Waals surface area contributed by atoms with Crippen LogP contribution in [-0.2, 0) is 20.9 Å². The van der Waals surface area contributed by atoms with Crippen LogP contribution in [0.2, 0.25) is 0 Å². The first-order valence-electron chi connectivity index (χ1n) is 10.4. The van der Waals surface area contributed by atoms with E-state index >= 15 is 0 Å². The Bertz CT molecular complexity index is 714. The lowest BCUT2D eigenvalue weighted by Crippen LogP contribution is -2.56. The topological polar surface area (TPSA) is 104 Å². The number of nitrogens with zero attached hydrogens (tertiary/aromatic N) is 2. The first kappa shape index (κ1) is 23.6. The van der Waals surface area contributed by atoms with Gasteiger partial charge in [-0.25, -0.2) is 4.79 Å². The Morgan fingerprint density at radius 1 is 1.17 bits per heavy atom. The van der Waals surface area contributed by atoms with E-state index in [4.69, 9.17) is 9.47 Å². The van der Waals surface area contributed by atoms with Crippen LogP contribution in [0.5, 0.6) is 0 Å². The van der Waals surface area contributed by atoms with Crippen molar-refractivity contribution in [1.29, 1.82) is 5.26 Å². The van der Waals surface area contributed by atoms with Crippen molar-refractivity contribution in [3.8, 4) is 6.07 Å². The number of carbonyl (C=O) groups is 2. The zero-order chi connectivity index (χ0) is 21.9. The molecule has 1 fully saturated rings. The Hall–Kier alpha value is -2.63. The van der Waals surface area contributed by atoms with Crippen molar-refractivity contribution in [2.45, 2.75) is 52.0 Å². The monoisotopic (exact) mass is 416 g/mol. The quantitative estimate of drug-likeness (QED) is 0.641. The molecule has 3 amide bonds. The summed E-state index contributed by atoms with van der Waals surface area (Å²) in [5.41, 5.74) is 0.989. The minimum absolute atomic E-state index is 0.193. The molecule has 1 aromatic carbocycles. The predicted molar refractivity (Wildman–Crippen MR) is 112 cm³/mol. The summed E-state index contributed by atoms with van der Waals surface area (Å²) in [5, 5.41) is 15.1. The molecule has 2 rings (SSSR count). The average molecular weight is 417 g/mol. The van der Waals surface area contributed by atoms with Crippen molar-refractivity contribution in [3.63, 3.8) is 0 Å². The maximum atomic E-state index is 12.9. The van der Waals surface area contributed by atoms with E-state index in [0.717, 1.165) is 5.56 Å². The molecule has 164 valence electrons. The fourth-order valence-corrected chi connectivity index (χ4v) is 3.12. The van der Waals surface area contributed by atoms with Gasteiger partial charge < -0.3 is 25.0 Å². The van der Waals surface area contributed by atoms with E-state index in [-0.39, 0.29) is 17.9 Å². The van der Waals surface area contributed by atoms with Crippen LogP contribution in [0.4, 0.5) is 4.79 Å². The fraction of sp³-hybridized carbons (Fsp3) is 0.591. The van der Waals surface area contributed by atoms with Crippen molar-refractivity contribution >= 4 is 11.9 Å². The molecule has 1 aliphatic rings. The molecular weight excluding hydrogens is 384 g/mol. The zero-order valence-corrected chi connectivity index (χ0v) is 18.0. The maximum Gasteiger partial charge on any atom is 0.318 e. The summed E-state index contributed by atoms with van der Waals surface area (Å²) in [5.74, 6) is -0.190. The molecule has 0 radical (unpaired) electrons. The Labute approximate surface area is 178 Å². The number of morpholine rings is 1. The summed E-state index contributed by atoms with van der Waals surface area (Å²) in [6.45, 7) is 8.02. The lowest BCUT2D eigenvalue weighted by atomic mass is 10.0. The van der Waals surface area contributed by atoms with Gasteiger partial charge in [0.05, 0.1) is 32.0 Å². The van der Waals surface area contributed by atoms with Crippen LogP contribution in [-0.4, -0.2) is 61.3 Å². The molecule has 8 heteroatoms. The summed E-state index contributed by atoms with van der Waals surface area (Å²) in [6.07, 6.45) is -0.0342. The minimum Gasteiger partial charge on any atom is -0.378 e. The largest absolute Gasteiger partial charge is 0.378 e. The number of nitrogens with one attached hydrogen (secondary N) is 2. The van der Waals surface area contributed by atoms with Crippen molar-refractivity contribution in [2.75, 3.05) is 26.3 Å². The third-order valence-electron chi connectivity index (χ3n) is 4.88. The molecule has 1 saturated heterocycles. The van der Waals surface area contributed by atoms with Gasteiger partial charge in [0.15, 0.2) is 0 Å². The second kappa shape index (κ2) is 12.2. The number of ether oxygens (including phenoxy) is 2. The van der Waals surface area contributed by atoms with Gasteiger partial charge >= 0.3 is 6.03 Å². The Balaban J connectivity index is 1.94. The standard InChI is InChI=1S/C22H32N4O4/c1-16(2)13-19(25-22(28)26-9-11-29-12-10-26)21(27)24-20(14-23)17(3)30-15-18-7-5-4-6-8-18/h4-8,16-17,19-20H,9-13,15H2,1-3H3,(H,24,27)(H,25,28)/t17-,19+,20-/m1/s1. The Morgan fingerprint density at radius 3 is 2.43 bits per heavy atom. The molecule has 8 nitrogen and oxygen atoms in total. The van der Waals surface area contributed by atoms with Gasteiger partial charge in [-0.3, -0.25) is 4.79 Å². The second-order valence-electron chi connectivity index (χ2n) is 7.85. The van der Waals surface area contributed by atoms with Crippen molar-refractivity contribution < 1.29 is 19.1 Å². The summed E-state index contributed by atoms with van der Waals surface area (Å²) >= 11 is 0. The van der Waals surface area contributed by atoms with Gasteiger partial charge in [0.1, 0.15) is 12.1 Å². The number of amides is 3. The molecule has 3 atom stereocenters. The van der Waals surface area contributed by atoms with E-state index in [0.29, 0.717) is 39.3 Å². The molecule has 1 heterocycles. The molecule has 0 bridgehead atoms. The smallest absolute Gasteiger partial charge is 0.318 e. The van der Waals surface area contributed by atoms with E-state index < -0.39 is 18.2 Å². The van der Waals surface area contributed by atoms with E-state index in [1.54, 1.807) is 11.8 Å². The SMILES string of the molecule is CC(C)C[C@H](NC(=O)N1CCOCC1)C(=O)N[C@H](C#N)[C@@H](C)OCc1ccccc1. The van der Waals surface area contributed by atoms with Gasteiger partial charge in [-0.15, -0.1) is 0 Å². The van der Waals surface area contributed by atoms with Crippen LogP contribution >= 0.6 is 0 Å². The number of hydrogen-bond donors (Lipinski definition) is 2. The fourth-order valence-electron chi connectivity index (χ4n) is 3.12. The number of hydrogen-bond acceptors (Lipinski definition) is 5. The minimum atomic E-state index is -0.823. The van der Waals surface area contributed by atoms with E-state index in [1.807, 2.05) is 44.2 Å². The molecule has 2 N–H and O–H groups in total. The molecular formula is C22H32N4O4. The number of nitriles is 1. The molecule has 1 aliphatic heterocycles. The normalized spacial score (nSPS) is 17.0. The van der Waals surface area contributed by atoms with Crippen LogP contribution < -0.4 is 10.6 Å². The van der Waals surface area contributed by atoms with Gasteiger partial charge in [0.25, 0.3) is 0 Å². The highest BCUT2D eigenvalue weighted by molar-refractivity contribution is 5.87. The van der Waals surface area contributed by atoms with Crippen LogP contribution in [0.1, 0.15) is 32.8 Å². The molecule has 0 aromatic heterocycles. The van der Waals surface area contributed by atoms with Gasteiger partial charge in [-0.1, -0.05) is 44.2 Å². The zero-order valence-electron chi connectivity index (χ0n) is 18.0. The summed E-state index contributed by atoms with van der Waals surface area (Å²) in [7, 11) is 0. The Morgan fingerprint density at radius 2 is 1.83 bits per heavy atom. The number of benzene rings is 1. The number of carbonyl (C=O) groups excluding carboxylic acids is 2. The highest BCUT2D eigenvalue weighted by atomic mass is 16.5. The third-order valence-corrected chi connectivity index (χ3v) is 4.88. The number of rotatable bonds is 9. The molecule has 1 aromatic rings. The van der Waals surface area contributed by atoms with Gasteiger partial charge in [0.2, 0.25) is 5.91 Å². The first-order valence-corrected chi connectivity index (χ1v) is 10.4.